The van der Waals surface area contributed by atoms with E-state index >= 15 is 0 Å². The Morgan fingerprint density at radius 3 is 2.83 bits per heavy atom. The lowest BCUT2D eigenvalue weighted by Crippen LogP contribution is -2.26. The van der Waals surface area contributed by atoms with Gasteiger partial charge in [-0.1, -0.05) is 29.8 Å². The summed E-state index contributed by atoms with van der Waals surface area (Å²) in [6, 6.07) is 8.11. The first-order valence-electron chi connectivity index (χ1n) is 6.36. The van der Waals surface area contributed by atoms with Crippen LogP contribution in [-0.4, -0.2) is 18.6 Å². The van der Waals surface area contributed by atoms with Gasteiger partial charge in [0.15, 0.2) is 0 Å². The first kappa shape index (κ1) is 13.4. The van der Waals surface area contributed by atoms with Gasteiger partial charge < -0.3 is 10.1 Å². The maximum absolute atomic E-state index is 11.6. The van der Waals surface area contributed by atoms with Gasteiger partial charge in [-0.3, -0.25) is 4.79 Å². The van der Waals surface area contributed by atoms with Gasteiger partial charge in [0.2, 0.25) is 0 Å². The number of esters is 1. The maximum Gasteiger partial charge on any atom is 0.307 e. The van der Waals surface area contributed by atoms with E-state index in [0.29, 0.717) is 24.1 Å². The van der Waals surface area contributed by atoms with Gasteiger partial charge in [-0.05, 0) is 31.4 Å². The van der Waals surface area contributed by atoms with Gasteiger partial charge in [-0.2, -0.15) is 0 Å². The van der Waals surface area contributed by atoms with Crippen molar-refractivity contribution in [3.05, 3.63) is 34.9 Å². The summed E-state index contributed by atoms with van der Waals surface area (Å²) in [5, 5.41) is 4.15. The summed E-state index contributed by atoms with van der Waals surface area (Å²) < 4.78 is 5.01. The van der Waals surface area contributed by atoms with Crippen LogP contribution in [0.1, 0.15) is 37.8 Å². The van der Waals surface area contributed by atoms with Gasteiger partial charge in [0, 0.05) is 17.1 Å². The number of halogens is 1. The van der Waals surface area contributed by atoms with E-state index in [1.165, 1.54) is 12.8 Å². The predicted molar refractivity (Wildman–Crippen MR) is 71.6 cm³/mol. The highest BCUT2D eigenvalue weighted by atomic mass is 35.5. The molecule has 2 rings (SSSR count). The van der Waals surface area contributed by atoms with Crippen LogP contribution in [-0.2, 0) is 9.53 Å². The van der Waals surface area contributed by atoms with Gasteiger partial charge in [0.25, 0.3) is 0 Å². The zero-order valence-corrected chi connectivity index (χ0v) is 11.2. The minimum Gasteiger partial charge on any atom is -0.466 e. The van der Waals surface area contributed by atoms with Crippen molar-refractivity contribution in [2.45, 2.75) is 38.3 Å². The number of hydrogen-bond acceptors (Lipinski definition) is 3. The topological polar surface area (TPSA) is 38.3 Å². The van der Waals surface area contributed by atoms with Crippen molar-refractivity contribution in [1.82, 2.24) is 5.32 Å². The highest BCUT2D eigenvalue weighted by Gasteiger charge is 2.27. The number of ether oxygens (including phenoxy) is 1. The number of hydrogen-bond donors (Lipinski definition) is 1. The summed E-state index contributed by atoms with van der Waals surface area (Å²) in [5.41, 5.74) is 0.971. The minimum atomic E-state index is -0.185. The highest BCUT2D eigenvalue weighted by molar-refractivity contribution is 6.31. The van der Waals surface area contributed by atoms with Crippen molar-refractivity contribution in [3.63, 3.8) is 0 Å². The molecule has 1 N–H and O–H groups in total. The zero-order chi connectivity index (χ0) is 13.0. The molecular weight excluding hydrogens is 250 g/mol. The average molecular weight is 268 g/mol. The average Bonchev–Trinajstić information content (AvgIpc) is 3.13. The van der Waals surface area contributed by atoms with E-state index in [0.717, 1.165) is 5.56 Å². The Morgan fingerprint density at radius 2 is 2.22 bits per heavy atom. The molecule has 98 valence electrons. The molecule has 1 aliphatic rings. The molecule has 0 heterocycles. The summed E-state index contributed by atoms with van der Waals surface area (Å²) in [7, 11) is 0. The summed E-state index contributed by atoms with van der Waals surface area (Å²) >= 11 is 6.19. The molecule has 0 amide bonds. The van der Waals surface area contributed by atoms with Crippen LogP contribution in [0.4, 0.5) is 0 Å². The third kappa shape index (κ3) is 3.72. The Hall–Kier alpha value is -1.06. The molecule has 4 heteroatoms. The van der Waals surface area contributed by atoms with Gasteiger partial charge in [0.1, 0.15) is 0 Å². The summed E-state index contributed by atoms with van der Waals surface area (Å²) in [5.74, 6) is -0.185. The van der Waals surface area contributed by atoms with Crippen LogP contribution in [0.25, 0.3) is 0 Å². The smallest absolute Gasteiger partial charge is 0.307 e. The number of nitrogens with one attached hydrogen (secondary N) is 1. The van der Waals surface area contributed by atoms with Crippen molar-refractivity contribution >= 4 is 17.6 Å². The van der Waals surface area contributed by atoms with Crippen molar-refractivity contribution in [1.29, 1.82) is 0 Å². The van der Waals surface area contributed by atoms with E-state index < -0.39 is 0 Å². The molecule has 1 aromatic rings. The molecule has 1 atom stereocenters. The Balaban J connectivity index is 2.08. The summed E-state index contributed by atoms with van der Waals surface area (Å²) in [6.45, 7) is 2.23. The Labute approximate surface area is 112 Å². The van der Waals surface area contributed by atoms with E-state index in [-0.39, 0.29) is 12.0 Å². The molecule has 0 bridgehead atoms. The molecule has 3 nitrogen and oxygen atoms in total. The van der Waals surface area contributed by atoms with Gasteiger partial charge in [-0.15, -0.1) is 0 Å². The number of benzene rings is 1. The molecule has 0 unspecified atom stereocenters. The standard InChI is InChI=1S/C14H18ClNO2/c1-2-18-14(17)9-13(16-10-7-8-10)11-5-3-4-6-12(11)15/h3-6,10,13,16H,2,7-9H2,1H3/t13-/m1/s1. The van der Waals surface area contributed by atoms with Crippen molar-refractivity contribution in [3.8, 4) is 0 Å². The lowest BCUT2D eigenvalue weighted by Gasteiger charge is -2.19. The molecule has 1 aliphatic carbocycles. The second-order valence-corrected chi connectivity index (χ2v) is 4.93. The van der Waals surface area contributed by atoms with E-state index in [2.05, 4.69) is 5.32 Å². The molecule has 1 saturated carbocycles. The second-order valence-electron chi connectivity index (χ2n) is 4.52. The second kappa shape index (κ2) is 6.21. The zero-order valence-electron chi connectivity index (χ0n) is 10.5. The SMILES string of the molecule is CCOC(=O)C[C@@H](NC1CC1)c1ccccc1Cl. The molecule has 0 aliphatic heterocycles. The van der Waals surface area contributed by atoms with Crippen molar-refractivity contribution in [2.24, 2.45) is 0 Å². The number of carbonyl (C=O) groups is 1. The molecule has 18 heavy (non-hydrogen) atoms. The predicted octanol–water partition coefficient (Wildman–Crippen LogP) is 3.09. The van der Waals surface area contributed by atoms with Crippen molar-refractivity contribution in [2.75, 3.05) is 6.61 Å². The fourth-order valence-corrected chi connectivity index (χ4v) is 2.20. The normalized spacial score (nSPS) is 16.3. The molecule has 0 spiro atoms. The Morgan fingerprint density at radius 1 is 1.50 bits per heavy atom. The first-order chi connectivity index (χ1) is 8.70. The lowest BCUT2D eigenvalue weighted by molar-refractivity contribution is -0.143. The van der Waals surface area contributed by atoms with E-state index in [1.807, 2.05) is 31.2 Å². The third-order valence-corrected chi connectivity index (χ3v) is 3.32. The van der Waals surface area contributed by atoms with Gasteiger partial charge >= 0.3 is 5.97 Å². The third-order valence-electron chi connectivity index (χ3n) is 2.97. The molecule has 1 fully saturated rings. The Kier molecular flexibility index (Phi) is 4.61. The van der Waals surface area contributed by atoms with E-state index in [1.54, 1.807) is 0 Å². The van der Waals surface area contributed by atoms with Crippen LogP contribution in [0.2, 0.25) is 5.02 Å². The fourth-order valence-electron chi connectivity index (χ4n) is 1.94. The maximum atomic E-state index is 11.6. The number of carbonyl (C=O) groups excluding carboxylic acids is 1. The largest absolute Gasteiger partial charge is 0.466 e. The van der Waals surface area contributed by atoms with Gasteiger partial charge in [-0.25, -0.2) is 0 Å². The van der Waals surface area contributed by atoms with Crippen LogP contribution in [0, 0.1) is 0 Å². The van der Waals surface area contributed by atoms with Crippen LogP contribution in [0.15, 0.2) is 24.3 Å². The van der Waals surface area contributed by atoms with Crippen LogP contribution in [0.5, 0.6) is 0 Å². The quantitative estimate of drug-likeness (QED) is 0.805. The Bertz CT molecular complexity index is 418. The fraction of sp³-hybridized carbons (Fsp3) is 0.500. The van der Waals surface area contributed by atoms with E-state index in [9.17, 15) is 4.79 Å². The van der Waals surface area contributed by atoms with Crippen LogP contribution in [0.3, 0.4) is 0 Å². The van der Waals surface area contributed by atoms with Crippen LogP contribution < -0.4 is 5.32 Å². The van der Waals surface area contributed by atoms with Crippen molar-refractivity contribution < 1.29 is 9.53 Å². The number of rotatable bonds is 6. The molecule has 0 radical (unpaired) electrons. The first-order valence-corrected chi connectivity index (χ1v) is 6.74. The van der Waals surface area contributed by atoms with Gasteiger partial charge in [0.05, 0.1) is 13.0 Å². The molecular formula is C14H18ClNO2. The molecule has 0 aromatic heterocycles. The molecule has 1 aromatic carbocycles. The van der Waals surface area contributed by atoms with E-state index in [4.69, 9.17) is 16.3 Å². The summed E-state index contributed by atoms with van der Waals surface area (Å²) in [4.78, 5) is 11.6. The monoisotopic (exact) mass is 267 g/mol. The minimum absolute atomic E-state index is 0.0507. The lowest BCUT2D eigenvalue weighted by atomic mass is 10.0. The van der Waals surface area contributed by atoms with Crippen LogP contribution >= 0.6 is 11.6 Å². The highest BCUT2D eigenvalue weighted by Crippen LogP contribution is 2.30. The summed E-state index contributed by atoms with van der Waals surface area (Å²) in [6.07, 6.45) is 2.67. The molecule has 0 saturated heterocycles.